The van der Waals surface area contributed by atoms with Crippen LogP contribution in [0, 0.1) is 18.6 Å². The zero-order valence-corrected chi connectivity index (χ0v) is 10.3. The molecule has 2 aromatic carbocycles. The number of aliphatic carboxylic acids is 1. The summed E-state index contributed by atoms with van der Waals surface area (Å²) in [6.45, 7) is 1.78. The molecule has 0 aromatic heterocycles. The largest absolute Gasteiger partial charge is 0.481 e. The first-order valence-electron chi connectivity index (χ1n) is 5.74. The Hall–Kier alpha value is -2.23. The van der Waals surface area contributed by atoms with Crippen LogP contribution in [0.15, 0.2) is 36.4 Å². The van der Waals surface area contributed by atoms with Gasteiger partial charge in [0, 0.05) is 11.1 Å². The van der Waals surface area contributed by atoms with Crippen LogP contribution in [0.5, 0.6) is 0 Å². The van der Waals surface area contributed by atoms with E-state index in [0.717, 1.165) is 11.6 Å². The maximum Gasteiger partial charge on any atom is 0.307 e. The fourth-order valence-corrected chi connectivity index (χ4v) is 1.91. The van der Waals surface area contributed by atoms with Crippen LogP contribution in [0.2, 0.25) is 0 Å². The van der Waals surface area contributed by atoms with Gasteiger partial charge in [0.25, 0.3) is 0 Å². The summed E-state index contributed by atoms with van der Waals surface area (Å²) in [4.78, 5) is 10.7. The van der Waals surface area contributed by atoms with E-state index in [2.05, 4.69) is 0 Å². The molecular weight excluding hydrogens is 250 g/mol. The standard InChI is InChI=1S/C15H12F2O2/c1-9-2-4-13(16)11(6-9)12-7-10(8-15(18)19)3-5-14(12)17/h2-7H,8H2,1H3,(H,18,19). The van der Waals surface area contributed by atoms with Gasteiger partial charge in [-0.05, 0) is 36.8 Å². The number of rotatable bonds is 3. The molecule has 0 saturated heterocycles. The average molecular weight is 262 g/mol. The molecule has 0 unspecified atom stereocenters. The van der Waals surface area contributed by atoms with E-state index in [1.54, 1.807) is 13.0 Å². The van der Waals surface area contributed by atoms with Crippen LogP contribution in [-0.2, 0) is 11.2 Å². The normalized spacial score (nSPS) is 10.5. The highest BCUT2D eigenvalue weighted by Crippen LogP contribution is 2.27. The summed E-state index contributed by atoms with van der Waals surface area (Å²) in [5.41, 5.74) is 1.47. The summed E-state index contributed by atoms with van der Waals surface area (Å²) in [5.74, 6) is -2.11. The highest BCUT2D eigenvalue weighted by atomic mass is 19.1. The molecule has 0 aliphatic carbocycles. The summed E-state index contributed by atoms with van der Waals surface area (Å²) in [6.07, 6.45) is -0.222. The maximum atomic E-state index is 13.8. The molecule has 0 aliphatic rings. The van der Waals surface area contributed by atoms with Gasteiger partial charge in [-0.3, -0.25) is 4.79 Å². The van der Waals surface area contributed by atoms with Crippen molar-refractivity contribution in [2.24, 2.45) is 0 Å². The molecule has 0 atom stereocenters. The lowest BCUT2D eigenvalue weighted by Crippen LogP contribution is -2.01. The Balaban J connectivity index is 2.54. The Bertz CT molecular complexity index is 636. The van der Waals surface area contributed by atoms with Gasteiger partial charge in [-0.2, -0.15) is 0 Å². The quantitative estimate of drug-likeness (QED) is 0.918. The van der Waals surface area contributed by atoms with Crippen molar-refractivity contribution in [3.63, 3.8) is 0 Å². The summed E-state index contributed by atoms with van der Waals surface area (Å²) in [6, 6.07) is 8.33. The van der Waals surface area contributed by atoms with Crippen LogP contribution in [0.3, 0.4) is 0 Å². The third-order valence-electron chi connectivity index (χ3n) is 2.80. The fraction of sp³-hybridized carbons (Fsp3) is 0.133. The number of carboxylic acids is 1. The van der Waals surface area contributed by atoms with Crippen LogP contribution in [0.1, 0.15) is 11.1 Å². The third-order valence-corrected chi connectivity index (χ3v) is 2.80. The lowest BCUT2D eigenvalue weighted by molar-refractivity contribution is -0.136. The second kappa shape index (κ2) is 5.18. The molecule has 2 nitrogen and oxygen atoms in total. The average Bonchev–Trinajstić information content (AvgIpc) is 2.34. The molecule has 19 heavy (non-hydrogen) atoms. The van der Waals surface area contributed by atoms with Gasteiger partial charge in [0.2, 0.25) is 0 Å². The van der Waals surface area contributed by atoms with E-state index in [-0.39, 0.29) is 17.5 Å². The zero-order chi connectivity index (χ0) is 14.0. The molecule has 1 N–H and O–H groups in total. The monoisotopic (exact) mass is 262 g/mol. The van der Waals surface area contributed by atoms with Crippen molar-refractivity contribution in [2.45, 2.75) is 13.3 Å². The van der Waals surface area contributed by atoms with E-state index >= 15 is 0 Å². The molecule has 0 amide bonds. The first-order chi connectivity index (χ1) is 8.97. The number of halogens is 2. The lowest BCUT2D eigenvalue weighted by atomic mass is 9.99. The van der Waals surface area contributed by atoms with Crippen LogP contribution >= 0.6 is 0 Å². The van der Waals surface area contributed by atoms with E-state index in [1.807, 2.05) is 0 Å². The van der Waals surface area contributed by atoms with Crippen molar-refractivity contribution in [3.05, 3.63) is 59.2 Å². The molecule has 0 fully saturated rings. The van der Waals surface area contributed by atoms with Crippen LogP contribution < -0.4 is 0 Å². The predicted molar refractivity (Wildman–Crippen MR) is 67.9 cm³/mol. The summed E-state index contributed by atoms with van der Waals surface area (Å²) in [7, 11) is 0. The number of carbonyl (C=O) groups is 1. The number of carboxylic acid groups (broad SMARTS) is 1. The van der Waals surface area contributed by atoms with Gasteiger partial charge in [-0.1, -0.05) is 17.7 Å². The molecule has 0 saturated carbocycles. The predicted octanol–water partition coefficient (Wildman–Crippen LogP) is 3.57. The minimum absolute atomic E-state index is 0.0833. The van der Waals surface area contributed by atoms with Crippen molar-refractivity contribution in [3.8, 4) is 11.1 Å². The highest BCUT2D eigenvalue weighted by Gasteiger charge is 2.12. The molecule has 0 aliphatic heterocycles. The third kappa shape index (κ3) is 2.96. The smallest absolute Gasteiger partial charge is 0.307 e. The van der Waals surface area contributed by atoms with Gasteiger partial charge >= 0.3 is 5.97 Å². The van der Waals surface area contributed by atoms with Crippen molar-refractivity contribution in [1.29, 1.82) is 0 Å². The SMILES string of the molecule is Cc1ccc(F)c(-c2cc(CC(=O)O)ccc2F)c1. The van der Waals surface area contributed by atoms with E-state index in [4.69, 9.17) is 5.11 Å². The minimum atomic E-state index is -1.01. The number of hydrogen-bond donors (Lipinski definition) is 1. The molecule has 0 radical (unpaired) electrons. The van der Waals surface area contributed by atoms with Gasteiger partial charge in [0.15, 0.2) is 0 Å². The second-order valence-electron chi connectivity index (χ2n) is 4.37. The Kier molecular flexibility index (Phi) is 3.60. The first kappa shape index (κ1) is 13.2. The van der Waals surface area contributed by atoms with Gasteiger partial charge in [-0.15, -0.1) is 0 Å². The van der Waals surface area contributed by atoms with Crippen LogP contribution in [0.25, 0.3) is 11.1 Å². The Morgan fingerprint density at radius 1 is 1.05 bits per heavy atom. The topological polar surface area (TPSA) is 37.3 Å². The van der Waals surface area contributed by atoms with Crippen molar-refractivity contribution in [1.82, 2.24) is 0 Å². The Labute approximate surface area is 109 Å². The highest BCUT2D eigenvalue weighted by molar-refractivity contribution is 5.72. The molecular formula is C15H12F2O2. The van der Waals surface area contributed by atoms with E-state index in [0.29, 0.717) is 5.56 Å². The van der Waals surface area contributed by atoms with Crippen LogP contribution in [0.4, 0.5) is 8.78 Å². The fourth-order valence-electron chi connectivity index (χ4n) is 1.91. The van der Waals surface area contributed by atoms with Gasteiger partial charge in [-0.25, -0.2) is 8.78 Å². The second-order valence-corrected chi connectivity index (χ2v) is 4.37. The van der Waals surface area contributed by atoms with Crippen molar-refractivity contribution in [2.75, 3.05) is 0 Å². The van der Waals surface area contributed by atoms with Gasteiger partial charge in [0.05, 0.1) is 6.42 Å². The van der Waals surface area contributed by atoms with E-state index < -0.39 is 17.6 Å². The molecule has 4 heteroatoms. The number of hydrogen-bond acceptors (Lipinski definition) is 1. The van der Waals surface area contributed by atoms with Gasteiger partial charge < -0.3 is 5.11 Å². The maximum absolute atomic E-state index is 13.8. The number of aryl methyl sites for hydroxylation is 1. The minimum Gasteiger partial charge on any atom is -0.481 e. The molecule has 0 bridgehead atoms. The van der Waals surface area contributed by atoms with Crippen molar-refractivity contribution < 1.29 is 18.7 Å². The Morgan fingerprint density at radius 3 is 2.26 bits per heavy atom. The molecule has 98 valence electrons. The van der Waals surface area contributed by atoms with E-state index in [1.165, 1.54) is 24.3 Å². The molecule has 0 heterocycles. The molecule has 0 spiro atoms. The molecule has 2 rings (SSSR count). The zero-order valence-electron chi connectivity index (χ0n) is 10.3. The van der Waals surface area contributed by atoms with E-state index in [9.17, 15) is 13.6 Å². The summed E-state index contributed by atoms with van der Waals surface area (Å²) < 4.78 is 27.5. The van der Waals surface area contributed by atoms with Crippen molar-refractivity contribution >= 4 is 5.97 Å². The summed E-state index contributed by atoms with van der Waals surface area (Å²) >= 11 is 0. The lowest BCUT2D eigenvalue weighted by Gasteiger charge is -2.08. The van der Waals surface area contributed by atoms with Gasteiger partial charge in [0.1, 0.15) is 11.6 Å². The summed E-state index contributed by atoms with van der Waals surface area (Å²) in [5, 5.41) is 8.73. The Morgan fingerprint density at radius 2 is 1.63 bits per heavy atom. The molecule has 2 aromatic rings. The number of benzene rings is 2. The van der Waals surface area contributed by atoms with Crippen LogP contribution in [-0.4, -0.2) is 11.1 Å². The first-order valence-corrected chi connectivity index (χ1v) is 5.74.